The van der Waals surface area contributed by atoms with Crippen molar-refractivity contribution in [1.82, 2.24) is 5.32 Å². The molecule has 0 amide bonds. The fraction of sp³-hybridized carbons (Fsp3) is 0.417. The lowest BCUT2D eigenvalue weighted by molar-refractivity contribution is -0.142. The van der Waals surface area contributed by atoms with E-state index in [2.05, 4.69) is 27.9 Å². The van der Waals surface area contributed by atoms with Gasteiger partial charge < -0.3 is 14.8 Å². The largest absolute Gasteiger partial charge is 0.489 e. The van der Waals surface area contributed by atoms with Gasteiger partial charge in [-0.1, -0.05) is 0 Å². The first-order valence-corrected chi connectivity index (χ1v) is 6.50. The van der Waals surface area contributed by atoms with E-state index < -0.39 is 0 Å². The molecule has 1 N–H and O–H groups in total. The van der Waals surface area contributed by atoms with E-state index in [1.165, 1.54) is 10.7 Å². The second kappa shape index (κ2) is 5.68. The van der Waals surface area contributed by atoms with E-state index in [0.29, 0.717) is 13.0 Å². The van der Waals surface area contributed by atoms with Crippen molar-refractivity contribution in [3.05, 3.63) is 27.8 Å². The summed E-state index contributed by atoms with van der Waals surface area (Å²) in [6.07, 6.45) is 0.678. The minimum atomic E-state index is -0.242. The van der Waals surface area contributed by atoms with E-state index in [-0.39, 0.29) is 18.1 Å². The van der Waals surface area contributed by atoms with Crippen molar-refractivity contribution in [2.75, 3.05) is 13.7 Å². The van der Waals surface area contributed by atoms with Gasteiger partial charge in [0.15, 0.2) is 0 Å². The van der Waals surface area contributed by atoms with Crippen LogP contribution in [0, 0.1) is 3.57 Å². The van der Waals surface area contributed by atoms with Crippen LogP contribution in [-0.4, -0.2) is 31.8 Å². The van der Waals surface area contributed by atoms with Crippen molar-refractivity contribution >= 4 is 28.6 Å². The lowest BCUT2D eigenvalue weighted by atomic mass is 10.2. The average molecular weight is 347 g/mol. The van der Waals surface area contributed by atoms with Crippen LogP contribution in [0.2, 0.25) is 0 Å². The maximum atomic E-state index is 11.3. The molecule has 1 aliphatic heterocycles. The predicted octanol–water partition coefficient (Wildman–Crippen LogP) is 1.57. The van der Waals surface area contributed by atoms with Gasteiger partial charge in [-0.15, -0.1) is 0 Å². The van der Waals surface area contributed by atoms with Crippen LogP contribution in [0.15, 0.2) is 24.3 Å². The zero-order chi connectivity index (χ0) is 12.3. The highest BCUT2D eigenvalue weighted by Gasteiger charge is 2.31. The summed E-state index contributed by atoms with van der Waals surface area (Å²) in [5, 5.41) is 3.09. The highest BCUT2D eigenvalue weighted by atomic mass is 127. The first-order chi connectivity index (χ1) is 8.19. The zero-order valence-electron chi connectivity index (χ0n) is 9.48. The molecule has 0 spiro atoms. The molecule has 0 bridgehead atoms. The maximum absolute atomic E-state index is 11.3. The fourth-order valence-corrected chi connectivity index (χ4v) is 2.18. The Bertz CT molecular complexity index is 393. The summed E-state index contributed by atoms with van der Waals surface area (Å²) in [5.41, 5.74) is 0. The maximum Gasteiger partial charge on any atom is 0.323 e. The first kappa shape index (κ1) is 12.6. The Labute approximate surface area is 114 Å². The number of benzene rings is 1. The summed E-state index contributed by atoms with van der Waals surface area (Å²) < 4.78 is 11.6. The predicted molar refractivity (Wildman–Crippen MR) is 72.0 cm³/mol. The third kappa shape index (κ3) is 3.32. The number of rotatable bonds is 3. The Balaban J connectivity index is 1.89. The summed E-state index contributed by atoms with van der Waals surface area (Å²) in [4.78, 5) is 11.3. The number of esters is 1. The van der Waals surface area contributed by atoms with E-state index in [1.54, 1.807) is 0 Å². The quantitative estimate of drug-likeness (QED) is 0.666. The third-order valence-electron chi connectivity index (χ3n) is 2.69. The monoisotopic (exact) mass is 347 g/mol. The first-order valence-electron chi connectivity index (χ1n) is 5.42. The topological polar surface area (TPSA) is 47.6 Å². The second-order valence-electron chi connectivity index (χ2n) is 3.91. The van der Waals surface area contributed by atoms with Gasteiger partial charge in [0, 0.05) is 16.5 Å². The summed E-state index contributed by atoms with van der Waals surface area (Å²) in [5.74, 6) is 0.612. The number of halogens is 1. The van der Waals surface area contributed by atoms with Crippen molar-refractivity contribution in [2.24, 2.45) is 0 Å². The minimum absolute atomic E-state index is 0.0270. The van der Waals surface area contributed by atoms with Crippen molar-refractivity contribution < 1.29 is 14.3 Å². The molecule has 1 saturated heterocycles. The van der Waals surface area contributed by atoms with E-state index in [4.69, 9.17) is 9.47 Å². The number of carbonyl (C=O) groups is 1. The van der Waals surface area contributed by atoms with Crippen LogP contribution >= 0.6 is 22.6 Å². The zero-order valence-corrected chi connectivity index (χ0v) is 11.6. The van der Waals surface area contributed by atoms with Crippen molar-refractivity contribution in [3.8, 4) is 5.75 Å². The summed E-state index contributed by atoms with van der Waals surface area (Å²) in [6, 6.07) is 7.63. The fourth-order valence-electron chi connectivity index (χ4n) is 1.82. The van der Waals surface area contributed by atoms with Gasteiger partial charge >= 0.3 is 5.97 Å². The molecule has 2 rings (SSSR count). The summed E-state index contributed by atoms with van der Waals surface area (Å²) in [6.45, 7) is 0.672. The number of carbonyl (C=O) groups excluding carboxylic acids is 1. The standard InChI is InChI=1S/C12H14INO3/c1-16-12(15)11-6-10(7-14-11)17-9-4-2-8(13)3-5-9/h2-5,10-11,14H,6-7H2,1H3/t10-,11-/m0/s1. The van der Waals surface area contributed by atoms with Crippen LogP contribution in [0.4, 0.5) is 0 Å². The summed E-state index contributed by atoms with van der Waals surface area (Å²) >= 11 is 2.25. The average Bonchev–Trinajstić information content (AvgIpc) is 2.80. The molecule has 1 heterocycles. The SMILES string of the molecule is COC(=O)[C@@H]1C[C@H](Oc2ccc(I)cc2)CN1. The molecule has 0 unspecified atom stereocenters. The Morgan fingerprint density at radius 3 is 2.76 bits per heavy atom. The van der Waals surface area contributed by atoms with Crippen molar-refractivity contribution in [3.63, 3.8) is 0 Å². The minimum Gasteiger partial charge on any atom is -0.489 e. The highest BCUT2D eigenvalue weighted by molar-refractivity contribution is 14.1. The van der Waals surface area contributed by atoms with Gasteiger partial charge in [0.05, 0.1) is 7.11 Å². The van der Waals surface area contributed by atoms with E-state index in [1.807, 2.05) is 24.3 Å². The second-order valence-corrected chi connectivity index (χ2v) is 5.16. The molecule has 0 aliphatic carbocycles. The molecule has 1 aromatic rings. The van der Waals surface area contributed by atoms with Gasteiger partial charge in [0.1, 0.15) is 17.9 Å². The van der Waals surface area contributed by atoms with Crippen LogP contribution in [0.5, 0.6) is 5.75 Å². The Morgan fingerprint density at radius 1 is 1.41 bits per heavy atom. The molecule has 1 fully saturated rings. The van der Waals surface area contributed by atoms with Gasteiger partial charge in [-0.25, -0.2) is 0 Å². The lowest BCUT2D eigenvalue weighted by Gasteiger charge is -2.12. The molecule has 0 radical (unpaired) electrons. The lowest BCUT2D eigenvalue weighted by Crippen LogP contribution is -2.31. The van der Waals surface area contributed by atoms with Crippen LogP contribution in [0.1, 0.15) is 6.42 Å². The Kier molecular flexibility index (Phi) is 4.22. The number of hydrogen-bond acceptors (Lipinski definition) is 4. The van der Waals surface area contributed by atoms with Crippen LogP contribution in [0.3, 0.4) is 0 Å². The van der Waals surface area contributed by atoms with Crippen LogP contribution < -0.4 is 10.1 Å². The van der Waals surface area contributed by atoms with Gasteiger partial charge in [0.2, 0.25) is 0 Å². The molecule has 4 nitrogen and oxygen atoms in total. The molecule has 92 valence electrons. The highest BCUT2D eigenvalue weighted by Crippen LogP contribution is 2.19. The molecule has 1 aliphatic rings. The summed E-state index contributed by atoms with van der Waals surface area (Å²) in [7, 11) is 1.40. The van der Waals surface area contributed by atoms with Crippen molar-refractivity contribution in [2.45, 2.75) is 18.6 Å². The third-order valence-corrected chi connectivity index (χ3v) is 3.41. The van der Waals surface area contributed by atoms with Gasteiger partial charge in [-0.2, -0.15) is 0 Å². The number of nitrogens with one attached hydrogen (secondary N) is 1. The van der Waals surface area contributed by atoms with E-state index >= 15 is 0 Å². The Morgan fingerprint density at radius 2 is 2.12 bits per heavy atom. The number of hydrogen-bond donors (Lipinski definition) is 1. The van der Waals surface area contributed by atoms with Gasteiger partial charge in [0.25, 0.3) is 0 Å². The molecule has 2 atom stereocenters. The molecule has 5 heteroatoms. The molecule has 0 saturated carbocycles. The van der Waals surface area contributed by atoms with Crippen LogP contribution in [-0.2, 0) is 9.53 Å². The Hall–Kier alpha value is -0.820. The van der Waals surface area contributed by atoms with Crippen LogP contribution in [0.25, 0.3) is 0 Å². The molecular formula is C12H14INO3. The molecule has 0 aromatic heterocycles. The van der Waals surface area contributed by atoms with Gasteiger partial charge in [-0.3, -0.25) is 4.79 Å². The van der Waals surface area contributed by atoms with Gasteiger partial charge in [-0.05, 0) is 46.9 Å². The number of methoxy groups -OCH3 is 1. The van der Waals surface area contributed by atoms with Crippen molar-refractivity contribution in [1.29, 1.82) is 0 Å². The van der Waals surface area contributed by atoms with E-state index in [0.717, 1.165) is 5.75 Å². The smallest absolute Gasteiger partial charge is 0.323 e. The normalized spacial score (nSPS) is 23.4. The van der Waals surface area contributed by atoms with E-state index in [9.17, 15) is 4.79 Å². The number of ether oxygens (including phenoxy) is 2. The molecule has 17 heavy (non-hydrogen) atoms. The molecular weight excluding hydrogens is 333 g/mol. The molecule has 1 aromatic carbocycles.